The van der Waals surface area contributed by atoms with E-state index in [1.54, 1.807) is 0 Å². The van der Waals surface area contributed by atoms with Crippen LogP contribution in [0.5, 0.6) is 0 Å². The molecule has 0 spiro atoms. The molecule has 0 aromatic heterocycles. The van der Waals surface area contributed by atoms with E-state index in [0.717, 1.165) is 19.3 Å². The molecule has 6 heteroatoms. The van der Waals surface area contributed by atoms with Crippen LogP contribution >= 0.6 is 0 Å². The van der Waals surface area contributed by atoms with Crippen molar-refractivity contribution in [1.82, 2.24) is 5.32 Å². The van der Waals surface area contributed by atoms with E-state index in [0.29, 0.717) is 12.8 Å². The van der Waals surface area contributed by atoms with Gasteiger partial charge >= 0.3 is 11.9 Å². The molecule has 0 fully saturated rings. The van der Waals surface area contributed by atoms with Crippen LogP contribution in [0, 0.1) is 0 Å². The van der Waals surface area contributed by atoms with Crippen LogP contribution < -0.4 is 5.32 Å². The number of amides is 1. The van der Waals surface area contributed by atoms with Gasteiger partial charge in [0.05, 0.1) is 13.0 Å². The summed E-state index contributed by atoms with van der Waals surface area (Å²) < 4.78 is 4.96. The maximum atomic E-state index is 12.0. The summed E-state index contributed by atoms with van der Waals surface area (Å²) >= 11 is 0. The lowest BCUT2D eigenvalue weighted by molar-refractivity contribution is -0.151. The number of hydrogen-bond donors (Lipinski definition) is 2. The highest BCUT2D eigenvalue weighted by atomic mass is 16.5. The van der Waals surface area contributed by atoms with Crippen molar-refractivity contribution < 1.29 is 24.2 Å². The lowest BCUT2D eigenvalue weighted by Crippen LogP contribution is -2.43. The Kier molecular flexibility index (Phi) is 18.6. The Hall–Kier alpha value is -1.59. The topological polar surface area (TPSA) is 92.7 Å². The molecule has 0 unspecified atom stereocenters. The minimum absolute atomic E-state index is 0.226. The Morgan fingerprint density at radius 1 is 0.759 bits per heavy atom. The van der Waals surface area contributed by atoms with Gasteiger partial charge in [0, 0.05) is 6.42 Å². The molecule has 0 aliphatic carbocycles. The molecule has 170 valence electrons. The van der Waals surface area contributed by atoms with Crippen molar-refractivity contribution in [2.45, 2.75) is 123 Å². The minimum atomic E-state index is -1.13. The summed E-state index contributed by atoms with van der Waals surface area (Å²) in [5, 5.41) is 11.4. The van der Waals surface area contributed by atoms with Gasteiger partial charge < -0.3 is 15.2 Å². The summed E-state index contributed by atoms with van der Waals surface area (Å²) in [5.74, 6) is -2.09. The first-order chi connectivity index (χ1) is 14.0. The minimum Gasteiger partial charge on any atom is -0.481 e. The van der Waals surface area contributed by atoms with Crippen LogP contribution in [-0.4, -0.2) is 35.6 Å². The second-order valence-corrected chi connectivity index (χ2v) is 7.88. The lowest BCUT2D eigenvalue weighted by atomic mass is 10.0. The van der Waals surface area contributed by atoms with Crippen molar-refractivity contribution in [3.63, 3.8) is 0 Å². The Balaban J connectivity index is 3.70. The number of rotatable bonds is 20. The van der Waals surface area contributed by atoms with Crippen LogP contribution in [0.3, 0.4) is 0 Å². The summed E-state index contributed by atoms with van der Waals surface area (Å²) in [5.41, 5.74) is 0. The number of unbranched alkanes of at least 4 members (excludes halogenated alkanes) is 12. The Morgan fingerprint density at radius 2 is 1.24 bits per heavy atom. The van der Waals surface area contributed by atoms with Crippen LogP contribution in [0.25, 0.3) is 0 Å². The van der Waals surface area contributed by atoms with Gasteiger partial charge in [0.1, 0.15) is 6.04 Å². The van der Waals surface area contributed by atoms with Gasteiger partial charge in [0.15, 0.2) is 0 Å². The van der Waals surface area contributed by atoms with Crippen LogP contribution in [0.15, 0.2) is 0 Å². The van der Waals surface area contributed by atoms with Crippen LogP contribution in [0.1, 0.15) is 117 Å². The third kappa shape index (κ3) is 18.2. The summed E-state index contributed by atoms with van der Waals surface area (Å²) in [7, 11) is 0. The van der Waals surface area contributed by atoms with E-state index in [4.69, 9.17) is 9.84 Å². The van der Waals surface area contributed by atoms with Crippen LogP contribution in [-0.2, 0) is 19.1 Å². The van der Waals surface area contributed by atoms with Gasteiger partial charge in [0.2, 0.25) is 5.91 Å². The van der Waals surface area contributed by atoms with Crippen molar-refractivity contribution in [2.75, 3.05) is 6.61 Å². The first-order valence-corrected chi connectivity index (χ1v) is 11.7. The molecule has 0 saturated carbocycles. The third-order valence-electron chi connectivity index (χ3n) is 4.95. The van der Waals surface area contributed by atoms with Crippen molar-refractivity contribution in [2.24, 2.45) is 0 Å². The van der Waals surface area contributed by atoms with E-state index in [2.05, 4.69) is 12.2 Å². The SMILES string of the molecule is CCCCCCCCCCCCCCCC(=O)N[C@@H](CC(=O)O)C(=O)OCCC. The molecule has 0 aromatic rings. The monoisotopic (exact) mass is 413 g/mol. The molecule has 0 aliphatic rings. The second-order valence-electron chi connectivity index (χ2n) is 7.88. The molecule has 1 atom stereocenters. The van der Waals surface area contributed by atoms with E-state index in [1.165, 1.54) is 64.2 Å². The van der Waals surface area contributed by atoms with Crippen molar-refractivity contribution in [1.29, 1.82) is 0 Å². The highest BCUT2D eigenvalue weighted by Crippen LogP contribution is 2.13. The maximum absolute atomic E-state index is 12.0. The van der Waals surface area contributed by atoms with E-state index >= 15 is 0 Å². The average Bonchev–Trinajstić information content (AvgIpc) is 2.68. The largest absolute Gasteiger partial charge is 0.481 e. The summed E-state index contributed by atoms with van der Waals surface area (Å²) in [6, 6.07) is -1.10. The third-order valence-corrected chi connectivity index (χ3v) is 4.95. The zero-order chi connectivity index (χ0) is 21.7. The average molecular weight is 414 g/mol. The molecular weight excluding hydrogens is 370 g/mol. The first-order valence-electron chi connectivity index (χ1n) is 11.7. The molecule has 0 radical (unpaired) electrons. The molecular formula is C23H43NO5. The molecule has 0 aliphatic heterocycles. The standard InChI is InChI=1S/C23H43NO5/c1-3-5-6-7-8-9-10-11-12-13-14-15-16-17-21(25)24-20(19-22(26)27)23(28)29-18-4-2/h20H,3-19H2,1-2H3,(H,24,25)(H,26,27)/t20-/m0/s1. The lowest BCUT2D eigenvalue weighted by Gasteiger charge is -2.15. The number of hydrogen-bond acceptors (Lipinski definition) is 4. The quantitative estimate of drug-likeness (QED) is 0.206. The van der Waals surface area contributed by atoms with Gasteiger partial charge in [-0.05, 0) is 12.8 Å². The Labute approximate surface area is 177 Å². The Bertz CT molecular complexity index is 439. The summed E-state index contributed by atoms with van der Waals surface area (Å²) in [6.07, 6.45) is 16.6. The van der Waals surface area contributed by atoms with Gasteiger partial charge in [-0.25, -0.2) is 4.79 Å². The second kappa shape index (κ2) is 19.7. The highest BCUT2D eigenvalue weighted by molar-refractivity contribution is 5.87. The van der Waals surface area contributed by atoms with Gasteiger partial charge in [-0.1, -0.05) is 90.9 Å². The van der Waals surface area contributed by atoms with E-state index in [1.807, 2.05) is 6.92 Å². The number of carbonyl (C=O) groups is 3. The van der Waals surface area contributed by atoms with Gasteiger partial charge in [-0.15, -0.1) is 0 Å². The van der Waals surface area contributed by atoms with Crippen molar-refractivity contribution >= 4 is 17.8 Å². The molecule has 1 amide bonds. The molecule has 0 rings (SSSR count). The smallest absolute Gasteiger partial charge is 0.329 e. The van der Waals surface area contributed by atoms with E-state index < -0.39 is 24.4 Å². The van der Waals surface area contributed by atoms with Gasteiger partial charge in [-0.3, -0.25) is 9.59 Å². The zero-order valence-corrected chi connectivity index (χ0v) is 18.7. The van der Waals surface area contributed by atoms with Crippen LogP contribution in [0.4, 0.5) is 0 Å². The van der Waals surface area contributed by atoms with Crippen LogP contribution in [0.2, 0.25) is 0 Å². The summed E-state index contributed by atoms with van der Waals surface area (Å²) in [6.45, 7) is 4.32. The maximum Gasteiger partial charge on any atom is 0.329 e. The number of esters is 1. The molecule has 6 nitrogen and oxygen atoms in total. The summed E-state index contributed by atoms with van der Waals surface area (Å²) in [4.78, 5) is 34.8. The fourth-order valence-electron chi connectivity index (χ4n) is 3.24. The molecule has 2 N–H and O–H groups in total. The fourth-order valence-corrected chi connectivity index (χ4v) is 3.24. The molecule has 0 aromatic carbocycles. The number of aliphatic carboxylic acids is 1. The fraction of sp³-hybridized carbons (Fsp3) is 0.870. The first kappa shape index (κ1) is 27.4. The molecule has 0 heterocycles. The molecule has 29 heavy (non-hydrogen) atoms. The van der Waals surface area contributed by atoms with Crippen molar-refractivity contribution in [3.05, 3.63) is 0 Å². The predicted molar refractivity (Wildman–Crippen MR) is 116 cm³/mol. The molecule has 0 saturated heterocycles. The predicted octanol–water partition coefficient (Wildman–Crippen LogP) is 5.38. The van der Waals surface area contributed by atoms with E-state index in [9.17, 15) is 14.4 Å². The normalized spacial score (nSPS) is 11.8. The Morgan fingerprint density at radius 3 is 1.69 bits per heavy atom. The molecule has 0 bridgehead atoms. The highest BCUT2D eigenvalue weighted by Gasteiger charge is 2.24. The van der Waals surface area contributed by atoms with Crippen molar-refractivity contribution in [3.8, 4) is 0 Å². The number of nitrogens with one attached hydrogen (secondary N) is 1. The van der Waals surface area contributed by atoms with Gasteiger partial charge in [0.25, 0.3) is 0 Å². The van der Waals surface area contributed by atoms with E-state index in [-0.39, 0.29) is 12.5 Å². The zero-order valence-electron chi connectivity index (χ0n) is 18.7. The number of carboxylic acid groups (broad SMARTS) is 1. The number of ether oxygens (including phenoxy) is 1. The van der Waals surface area contributed by atoms with Gasteiger partial charge in [-0.2, -0.15) is 0 Å². The number of carboxylic acids is 1. The number of carbonyl (C=O) groups excluding carboxylic acids is 2.